The Morgan fingerprint density at radius 2 is 2.12 bits per heavy atom. The molecule has 0 radical (unpaired) electrons. The molecule has 1 aliphatic heterocycles. The lowest BCUT2D eigenvalue weighted by Gasteiger charge is -2.35. The molecular weight excluding hydrogens is 334 g/mol. The van der Waals surface area contributed by atoms with Crippen molar-refractivity contribution in [2.45, 2.75) is 20.4 Å². The quantitative estimate of drug-likeness (QED) is 0.593. The van der Waals surface area contributed by atoms with Crippen LogP contribution in [0.3, 0.4) is 0 Å². The van der Waals surface area contributed by atoms with Crippen LogP contribution < -0.4 is 10.2 Å². The Morgan fingerprint density at radius 3 is 2.69 bits per heavy atom. The molecule has 0 aliphatic carbocycles. The molecule has 26 heavy (non-hydrogen) atoms. The van der Waals surface area contributed by atoms with Crippen molar-refractivity contribution in [3.63, 3.8) is 0 Å². The third-order valence-corrected chi connectivity index (χ3v) is 4.41. The molecule has 10 heteroatoms. The van der Waals surface area contributed by atoms with Crippen molar-refractivity contribution in [2.75, 3.05) is 31.1 Å². The summed E-state index contributed by atoms with van der Waals surface area (Å²) in [4.78, 5) is 21.0. The van der Waals surface area contributed by atoms with Crippen LogP contribution in [0.5, 0.6) is 0 Å². The highest BCUT2D eigenvalue weighted by Crippen LogP contribution is 2.16. The smallest absolute Gasteiger partial charge is 0.246 e. The maximum atomic E-state index is 12.6. The molecule has 3 heterocycles. The SMILES string of the molecule is CCNC(=NCc1nnc(C)n1C)N1CCN(c2cnn(C)c2)C(=O)C1. The average Bonchev–Trinajstić information content (AvgIpc) is 3.18. The van der Waals surface area contributed by atoms with Crippen LogP contribution in [0, 0.1) is 6.92 Å². The normalized spacial score (nSPS) is 15.7. The Morgan fingerprint density at radius 1 is 1.31 bits per heavy atom. The predicted molar refractivity (Wildman–Crippen MR) is 97.7 cm³/mol. The van der Waals surface area contributed by atoms with Gasteiger partial charge in [0, 0.05) is 39.9 Å². The number of carbonyl (C=O) groups is 1. The van der Waals surface area contributed by atoms with Gasteiger partial charge in [0.05, 0.1) is 11.9 Å². The number of amides is 1. The Labute approximate surface area is 152 Å². The first-order valence-corrected chi connectivity index (χ1v) is 8.66. The molecule has 1 saturated heterocycles. The molecule has 0 saturated carbocycles. The molecule has 0 atom stereocenters. The number of aliphatic imine (C=N–C) groups is 1. The molecule has 0 unspecified atom stereocenters. The zero-order valence-electron chi connectivity index (χ0n) is 15.7. The van der Waals surface area contributed by atoms with E-state index in [9.17, 15) is 4.79 Å². The molecule has 2 aromatic rings. The summed E-state index contributed by atoms with van der Waals surface area (Å²) in [7, 11) is 3.76. The lowest BCUT2D eigenvalue weighted by Crippen LogP contribution is -2.55. The van der Waals surface area contributed by atoms with Gasteiger partial charge >= 0.3 is 0 Å². The molecule has 0 aromatic carbocycles. The Kier molecular flexibility index (Phi) is 5.19. The summed E-state index contributed by atoms with van der Waals surface area (Å²) in [6.45, 7) is 6.63. The Balaban J connectivity index is 1.70. The average molecular weight is 359 g/mol. The number of aromatic nitrogens is 5. The predicted octanol–water partition coefficient (Wildman–Crippen LogP) is -0.329. The maximum absolute atomic E-state index is 12.6. The molecule has 140 valence electrons. The Bertz CT molecular complexity index is 807. The van der Waals surface area contributed by atoms with Crippen LogP contribution in [0.4, 0.5) is 5.69 Å². The number of aryl methyl sites for hydroxylation is 2. The maximum Gasteiger partial charge on any atom is 0.246 e. The highest BCUT2D eigenvalue weighted by atomic mass is 16.2. The lowest BCUT2D eigenvalue weighted by molar-refractivity contribution is -0.120. The van der Waals surface area contributed by atoms with E-state index in [4.69, 9.17) is 0 Å². The summed E-state index contributed by atoms with van der Waals surface area (Å²) in [6.07, 6.45) is 3.56. The minimum absolute atomic E-state index is 0.0318. The molecule has 2 aromatic heterocycles. The zero-order chi connectivity index (χ0) is 18.7. The molecule has 10 nitrogen and oxygen atoms in total. The van der Waals surface area contributed by atoms with E-state index < -0.39 is 0 Å². The van der Waals surface area contributed by atoms with E-state index in [2.05, 4.69) is 25.6 Å². The Hall–Kier alpha value is -2.91. The van der Waals surface area contributed by atoms with Crippen LogP contribution >= 0.6 is 0 Å². The molecule has 1 N–H and O–H groups in total. The van der Waals surface area contributed by atoms with Crippen molar-refractivity contribution in [1.29, 1.82) is 0 Å². The molecule has 3 rings (SSSR count). The summed E-state index contributed by atoms with van der Waals surface area (Å²) in [5.74, 6) is 2.38. The van der Waals surface area contributed by atoms with Gasteiger partial charge in [-0.25, -0.2) is 4.99 Å². The molecule has 0 spiro atoms. The summed E-state index contributed by atoms with van der Waals surface area (Å²) in [5.41, 5.74) is 0.827. The van der Waals surface area contributed by atoms with E-state index in [-0.39, 0.29) is 12.5 Å². The van der Waals surface area contributed by atoms with Gasteiger partial charge < -0.3 is 19.7 Å². The molecule has 1 fully saturated rings. The van der Waals surface area contributed by atoms with Crippen molar-refractivity contribution in [2.24, 2.45) is 19.1 Å². The van der Waals surface area contributed by atoms with Gasteiger partial charge in [-0.15, -0.1) is 10.2 Å². The summed E-state index contributed by atoms with van der Waals surface area (Å²) >= 11 is 0. The number of carbonyl (C=O) groups excluding carboxylic acids is 1. The number of anilines is 1. The number of piperazine rings is 1. The van der Waals surface area contributed by atoms with E-state index in [1.807, 2.05) is 43.6 Å². The fourth-order valence-corrected chi connectivity index (χ4v) is 2.83. The van der Waals surface area contributed by atoms with Gasteiger partial charge in [-0.05, 0) is 13.8 Å². The standard InChI is InChI=1S/C16H25N9O/c1-5-17-16(18-9-14-21-20-12(2)23(14)4)24-6-7-25(15(26)11-24)13-8-19-22(3)10-13/h8,10H,5-7,9,11H2,1-4H3,(H,17,18). The van der Waals surface area contributed by atoms with Gasteiger partial charge in [0.25, 0.3) is 0 Å². The van der Waals surface area contributed by atoms with Crippen molar-refractivity contribution in [3.05, 3.63) is 24.0 Å². The number of hydrogen-bond acceptors (Lipinski definition) is 5. The van der Waals surface area contributed by atoms with Gasteiger partial charge in [-0.2, -0.15) is 5.10 Å². The van der Waals surface area contributed by atoms with Crippen LogP contribution in [-0.4, -0.2) is 67.5 Å². The minimum atomic E-state index is 0.0318. The van der Waals surface area contributed by atoms with Gasteiger partial charge in [0.1, 0.15) is 18.9 Å². The molecule has 1 amide bonds. The van der Waals surface area contributed by atoms with E-state index >= 15 is 0 Å². The fraction of sp³-hybridized carbons (Fsp3) is 0.562. The van der Waals surface area contributed by atoms with E-state index in [1.165, 1.54) is 0 Å². The van der Waals surface area contributed by atoms with Crippen molar-refractivity contribution in [1.82, 2.24) is 34.8 Å². The highest BCUT2D eigenvalue weighted by molar-refractivity contribution is 5.98. The van der Waals surface area contributed by atoms with E-state index in [0.717, 1.165) is 23.9 Å². The second-order valence-electron chi connectivity index (χ2n) is 6.23. The van der Waals surface area contributed by atoms with E-state index in [1.54, 1.807) is 15.8 Å². The third kappa shape index (κ3) is 3.68. The molecule has 0 bridgehead atoms. The van der Waals surface area contributed by atoms with Crippen LogP contribution in [-0.2, 0) is 25.4 Å². The molecular formula is C16H25N9O. The first-order valence-electron chi connectivity index (χ1n) is 8.66. The second kappa shape index (κ2) is 7.54. The van der Waals surface area contributed by atoms with Gasteiger partial charge in [-0.3, -0.25) is 9.48 Å². The minimum Gasteiger partial charge on any atom is -0.356 e. The topological polar surface area (TPSA) is 96.5 Å². The van der Waals surface area contributed by atoms with Crippen molar-refractivity contribution in [3.8, 4) is 0 Å². The van der Waals surface area contributed by atoms with E-state index in [0.29, 0.717) is 25.6 Å². The monoisotopic (exact) mass is 359 g/mol. The van der Waals surface area contributed by atoms with Crippen LogP contribution in [0.1, 0.15) is 18.6 Å². The summed E-state index contributed by atoms with van der Waals surface area (Å²) in [5, 5.41) is 15.6. The largest absolute Gasteiger partial charge is 0.356 e. The highest BCUT2D eigenvalue weighted by Gasteiger charge is 2.27. The first-order chi connectivity index (χ1) is 12.5. The first kappa shape index (κ1) is 17.9. The molecule has 1 aliphatic rings. The number of hydrogen-bond donors (Lipinski definition) is 1. The lowest BCUT2D eigenvalue weighted by atomic mass is 10.3. The third-order valence-electron chi connectivity index (χ3n) is 4.41. The van der Waals surface area contributed by atoms with Gasteiger partial charge in [0.2, 0.25) is 5.91 Å². The summed E-state index contributed by atoms with van der Waals surface area (Å²) < 4.78 is 3.61. The van der Waals surface area contributed by atoms with Gasteiger partial charge in [-0.1, -0.05) is 0 Å². The van der Waals surface area contributed by atoms with Crippen molar-refractivity contribution < 1.29 is 4.79 Å². The number of nitrogens with one attached hydrogen (secondary N) is 1. The second-order valence-corrected chi connectivity index (χ2v) is 6.23. The fourth-order valence-electron chi connectivity index (χ4n) is 2.83. The van der Waals surface area contributed by atoms with Crippen LogP contribution in [0.15, 0.2) is 17.4 Å². The van der Waals surface area contributed by atoms with Crippen molar-refractivity contribution >= 4 is 17.6 Å². The van der Waals surface area contributed by atoms with Crippen LogP contribution in [0.2, 0.25) is 0 Å². The van der Waals surface area contributed by atoms with Crippen LogP contribution in [0.25, 0.3) is 0 Å². The summed E-state index contributed by atoms with van der Waals surface area (Å²) in [6, 6.07) is 0. The number of guanidine groups is 1. The van der Waals surface area contributed by atoms with Gasteiger partial charge in [0.15, 0.2) is 11.8 Å². The zero-order valence-corrected chi connectivity index (χ0v) is 15.7. The number of rotatable bonds is 4. The number of nitrogens with zero attached hydrogens (tertiary/aromatic N) is 8.